The van der Waals surface area contributed by atoms with E-state index in [-0.39, 0.29) is 17.7 Å². The van der Waals surface area contributed by atoms with E-state index in [1.807, 2.05) is 30.3 Å². The Morgan fingerprint density at radius 3 is 2.68 bits per heavy atom. The first-order valence-corrected chi connectivity index (χ1v) is 7.53. The maximum absolute atomic E-state index is 12.2. The van der Waals surface area contributed by atoms with Crippen molar-refractivity contribution in [1.29, 1.82) is 0 Å². The van der Waals surface area contributed by atoms with Crippen molar-refractivity contribution in [2.24, 2.45) is 5.11 Å². The molecule has 3 rings (SSSR count). The molecule has 2 aromatic carbocycles. The van der Waals surface area contributed by atoms with Crippen molar-refractivity contribution in [2.45, 2.75) is 13.2 Å². The summed E-state index contributed by atoms with van der Waals surface area (Å²) in [6.07, 6.45) is 0. The zero-order chi connectivity index (χ0) is 17.6. The minimum atomic E-state index is -0.239. The van der Waals surface area contributed by atoms with E-state index in [2.05, 4.69) is 10.0 Å². The van der Waals surface area contributed by atoms with Gasteiger partial charge in [0.1, 0.15) is 18.0 Å². The third-order valence-electron chi connectivity index (χ3n) is 3.59. The van der Waals surface area contributed by atoms with Crippen LogP contribution in [0.5, 0.6) is 11.5 Å². The van der Waals surface area contributed by atoms with E-state index >= 15 is 0 Å². The SMILES string of the molecule is COc1cc2c(=O)cc(CN=[N+]=[N-])oc2cc1OCc1ccccc1. The zero-order valence-corrected chi connectivity index (χ0v) is 13.5. The average Bonchev–Trinajstić information content (AvgIpc) is 2.65. The summed E-state index contributed by atoms with van der Waals surface area (Å²) in [6, 6.07) is 14.2. The molecule has 1 heterocycles. The van der Waals surface area contributed by atoms with E-state index in [1.165, 1.54) is 13.2 Å². The molecule has 0 atom stereocenters. The van der Waals surface area contributed by atoms with Crippen LogP contribution in [-0.2, 0) is 13.2 Å². The Morgan fingerprint density at radius 2 is 1.96 bits per heavy atom. The van der Waals surface area contributed by atoms with Gasteiger partial charge in [-0.05, 0) is 17.2 Å². The van der Waals surface area contributed by atoms with Crippen molar-refractivity contribution < 1.29 is 13.9 Å². The molecule has 7 nitrogen and oxygen atoms in total. The van der Waals surface area contributed by atoms with Crippen LogP contribution in [0.4, 0.5) is 0 Å². The molecule has 7 heteroatoms. The average molecular weight is 337 g/mol. The number of azide groups is 1. The zero-order valence-electron chi connectivity index (χ0n) is 13.5. The van der Waals surface area contributed by atoms with Crippen LogP contribution in [0.2, 0.25) is 0 Å². The van der Waals surface area contributed by atoms with Crippen LogP contribution in [-0.4, -0.2) is 7.11 Å². The Bertz CT molecular complexity index is 992. The van der Waals surface area contributed by atoms with Crippen LogP contribution in [0, 0.1) is 0 Å². The maximum Gasteiger partial charge on any atom is 0.193 e. The van der Waals surface area contributed by atoms with Gasteiger partial charge in [-0.3, -0.25) is 4.79 Å². The van der Waals surface area contributed by atoms with Gasteiger partial charge in [0.2, 0.25) is 0 Å². The number of rotatable bonds is 6. The van der Waals surface area contributed by atoms with Gasteiger partial charge >= 0.3 is 0 Å². The van der Waals surface area contributed by atoms with E-state index in [0.29, 0.717) is 29.1 Å². The predicted octanol–water partition coefficient (Wildman–Crippen LogP) is 4.19. The summed E-state index contributed by atoms with van der Waals surface area (Å²) < 4.78 is 16.8. The Kier molecular flexibility index (Phi) is 4.87. The van der Waals surface area contributed by atoms with Crippen molar-refractivity contribution in [3.63, 3.8) is 0 Å². The highest BCUT2D eigenvalue weighted by atomic mass is 16.5. The van der Waals surface area contributed by atoms with E-state index in [1.54, 1.807) is 12.1 Å². The molecule has 0 bridgehead atoms. The molecule has 0 unspecified atom stereocenters. The van der Waals surface area contributed by atoms with Crippen LogP contribution in [0.3, 0.4) is 0 Å². The Labute approximate surface area is 143 Å². The van der Waals surface area contributed by atoms with Gasteiger partial charge in [-0.2, -0.15) is 0 Å². The summed E-state index contributed by atoms with van der Waals surface area (Å²) in [6.45, 7) is 0.319. The Balaban J connectivity index is 1.98. The van der Waals surface area contributed by atoms with Gasteiger partial charge in [0.15, 0.2) is 16.9 Å². The van der Waals surface area contributed by atoms with Crippen LogP contribution in [0.15, 0.2) is 62.9 Å². The topological polar surface area (TPSA) is 97.4 Å². The molecule has 0 fully saturated rings. The molecule has 0 aliphatic carbocycles. The molecular weight excluding hydrogens is 322 g/mol. The largest absolute Gasteiger partial charge is 0.493 e. The highest BCUT2D eigenvalue weighted by molar-refractivity contribution is 5.80. The third-order valence-corrected chi connectivity index (χ3v) is 3.59. The summed E-state index contributed by atoms with van der Waals surface area (Å²) in [4.78, 5) is 14.9. The van der Waals surface area contributed by atoms with E-state index in [9.17, 15) is 4.79 Å². The summed E-state index contributed by atoms with van der Waals surface area (Å²) in [5, 5.41) is 3.78. The first kappa shape index (κ1) is 16.4. The van der Waals surface area contributed by atoms with Gasteiger partial charge in [0.05, 0.1) is 19.0 Å². The van der Waals surface area contributed by atoms with Crippen LogP contribution >= 0.6 is 0 Å². The second-order valence-electron chi connectivity index (χ2n) is 5.24. The van der Waals surface area contributed by atoms with E-state index in [0.717, 1.165) is 5.56 Å². The lowest BCUT2D eigenvalue weighted by atomic mass is 10.2. The minimum Gasteiger partial charge on any atom is -0.493 e. The third kappa shape index (κ3) is 3.73. The molecule has 0 saturated heterocycles. The lowest BCUT2D eigenvalue weighted by molar-refractivity contribution is 0.284. The molecule has 3 aromatic rings. The Hall–Kier alpha value is -3.44. The summed E-state index contributed by atoms with van der Waals surface area (Å²) in [7, 11) is 1.51. The monoisotopic (exact) mass is 337 g/mol. The fourth-order valence-electron chi connectivity index (χ4n) is 2.40. The number of hydrogen-bond donors (Lipinski definition) is 0. The summed E-state index contributed by atoms with van der Waals surface area (Å²) in [5.74, 6) is 1.19. The summed E-state index contributed by atoms with van der Waals surface area (Å²) >= 11 is 0. The number of fused-ring (bicyclic) bond motifs is 1. The second kappa shape index (κ2) is 7.42. The second-order valence-corrected chi connectivity index (χ2v) is 5.24. The molecule has 0 radical (unpaired) electrons. The minimum absolute atomic E-state index is 0.0338. The number of benzene rings is 2. The number of hydrogen-bond acceptors (Lipinski definition) is 5. The Morgan fingerprint density at radius 1 is 1.16 bits per heavy atom. The molecule has 0 N–H and O–H groups in total. The summed E-state index contributed by atoms with van der Waals surface area (Å²) in [5.41, 5.74) is 9.51. The van der Waals surface area contributed by atoms with Crippen LogP contribution in [0.25, 0.3) is 21.4 Å². The highest BCUT2D eigenvalue weighted by Crippen LogP contribution is 2.32. The molecule has 0 spiro atoms. The molecule has 0 aliphatic heterocycles. The molecular formula is C18H15N3O4. The molecule has 0 amide bonds. The van der Waals surface area contributed by atoms with Gasteiger partial charge in [-0.25, -0.2) is 0 Å². The molecule has 0 aliphatic rings. The van der Waals surface area contributed by atoms with Crippen LogP contribution in [0.1, 0.15) is 11.3 Å². The normalized spacial score (nSPS) is 10.3. The predicted molar refractivity (Wildman–Crippen MR) is 92.7 cm³/mol. The fraction of sp³-hybridized carbons (Fsp3) is 0.167. The van der Waals surface area contributed by atoms with Crippen molar-refractivity contribution in [3.05, 3.63) is 80.5 Å². The number of methoxy groups -OCH3 is 1. The van der Waals surface area contributed by atoms with Gasteiger partial charge in [-0.1, -0.05) is 35.4 Å². The number of nitrogens with zero attached hydrogens (tertiary/aromatic N) is 3. The van der Waals surface area contributed by atoms with E-state index < -0.39 is 0 Å². The lowest BCUT2D eigenvalue weighted by Gasteiger charge is -2.12. The van der Waals surface area contributed by atoms with Gasteiger partial charge in [0, 0.05) is 17.0 Å². The van der Waals surface area contributed by atoms with E-state index in [4.69, 9.17) is 19.4 Å². The molecule has 1 aromatic heterocycles. The molecule has 126 valence electrons. The maximum atomic E-state index is 12.2. The number of ether oxygens (including phenoxy) is 2. The standard InChI is InChI=1S/C18H15N3O4/c1-23-17-8-14-15(22)7-13(10-20-21-19)25-16(14)9-18(17)24-11-12-5-3-2-4-6-12/h2-9H,10-11H2,1H3. The van der Waals surface area contributed by atoms with Gasteiger partial charge in [-0.15, -0.1) is 0 Å². The van der Waals surface area contributed by atoms with Gasteiger partial charge < -0.3 is 13.9 Å². The molecule has 25 heavy (non-hydrogen) atoms. The first-order chi connectivity index (χ1) is 12.2. The van der Waals surface area contributed by atoms with Crippen molar-refractivity contribution in [1.82, 2.24) is 0 Å². The van der Waals surface area contributed by atoms with Crippen LogP contribution < -0.4 is 14.9 Å². The first-order valence-electron chi connectivity index (χ1n) is 7.53. The smallest absolute Gasteiger partial charge is 0.193 e. The van der Waals surface area contributed by atoms with Crippen molar-refractivity contribution in [2.75, 3.05) is 7.11 Å². The molecule has 0 saturated carbocycles. The highest BCUT2D eigenvalue weighted by Gasteiger charge is 2.12. The van der Waals surface area contributed by atoms with Gasteiger partial charge in [0.25, 0.3) is 0 Å². The quantitative estimate of drug-likeness (QED) is 0.382. The fourth-order valence-corrected chi connectivity index (χ4v) is 2.40. The van der Waals surface area contributed by atoms with Crippen molar-refractivity contribution in [3.8, 4) is 11.5 Å². The van der Waals surface area contributed by atoms with Crippen molar-refractivity contribution >= 4 is 11.0 Å². The lowest BCUT2D eigenvalue weighted by Crippen LogP contribution is -2.04.